The molecular formula is C16H31F3N2O9S. The maximum Gasteiger partial charge on any atom is 0.522 e. The van der Waals surface area contributed by atoms with E-state index in [1.165, 1.54) is 0 Å². The number of halogens is 3. The summed E-state index contributed by atoms with van der Waals surface area (Å²) < 4.78 is 62.4. The van der Waals surface area contributed by atoms with E-state index in [0.29, 0.717) is 0 Å². The largest absolute Gasteiger partial charge is 0.522 e. The molecule has 186 valence electrons. The van der Waals surface area contributed by atoms with Crippen LogP contribution in [0, 0.1) is 10.8 Å². The molecule has 1 amide bonds. The van der Waals surface area contributed by atoms with E-state index in [1.54, 1.807) is 62.3 Å². The Morgan fingerprint density at radius 2 is 1.16 bits per heavy atom. The fourth-order valence-electron chi connectivity index (χ4n) is 0.717. The standard InChI is InChI=1S/C10H19NO4.C5H11NO2.CHF3O3S/c1-9(2,3)7(12)15-11-8(13)14-10(4,5)6;1-5(2,3)4(7)8-6;2-1(3,4)8(5,6)7/h1-6H3,(H,11,13);6H2,1-3H3;(H,5,6,7). The van der Waals surface area contributed by atoms with E-state index in [9.17, 15) is 27.6 Å². The average molecular weight is 484 g/mol. The second-order valence-corrected chi connectivity index (χ2v) is 10.2. The summed E-state index contributed by atoms with van der Waals surface area (Å²) in [7, 11) is -5.84. The molecule has 0 aliphatic heterocycles. The van der Waals surface area contributed by atoms with Crippen molar-refractivity contribution in [3.8, 4) is 0 Å². The SMILES string of the molecule is CC(C)(C)C(=O)ON.CC(C)(C)OC(=O)NOC(=O)C(C)(C)C.O=S(=O)(O)C(F)(F)F. The van der Waals surface area contributed by atoms with Gasteiger partial charge in [-0.1, -0.05) is 0 Å². The Kier molecular flexibility index (Phi) is 13.0. The van der Waals surface area contributed by atoms with Crippen LogP contribution in [0.4, 0.5) is 18.0 Å². The first-order chi connectivity index (χ1) is 13.3. The number of alkyl halides is 3. The molecule has 0 aromatic heterocycles. The van der Waals surface area contributed by atoms with Gasteiger partial charge in [-0.2, -0.15) is 27.5 Å². The van der Waals surface area contributed by atoms with Gasteiger partial charge in [-0.25, -0.2) is 14.4 Å². The molecule has 4 N–H and O–H groups in total. The van der Waals surface area contributed by atoms with E-state index in [1.807, 2.05) is 5.48 Å². The van der Waals surface area contributed by atoms with E-state index in [-0.39, 0.29) is 0 Å². The Balaban J connectivity index is -0.000000415. The molecule has 0 aromatic rings. The average Bonchev–Trinajstić information content (AvgIpc) is 2.47. The molecule has 0 radical (unpaired) electrons. The molecular weight excluding hydrogens is 453 g/mol. The molecule has 15 heteroatoms. The van der Waals surface area contributed by atoms with Gasteiger partial charge in [-0.3, -0.25) is 4.55 Å². The van der Waals surface area contributed by atoms with Gasteiger partial charge < -0.3 is 14.4 Å². The summed E-state index contributed by atoms with van der Waals surface area (Å²) in [5, 5.41) is 0. The molecule has 0 bridgehead atoms. The lowest BCUT2D eigenvalue weighted by Crippen LogP contribution is -2.37. The van der Waals surface area contributed by atoms with Crippen LogP contribution in [-0.4, -0.2) is 42.1 Å². The van der Waals surface area contributed by atoms with E-state index in [2.05, 4.69) is 15.6 Å². The number of nitrogens with one attached hydrogen (secondary N) is 1. The van der Waals surface area contributed by atoms with Crippen LogP contribution in [0.15, 0.2) is 0 Å². The molecule has 0 atom stereocenters. The fraction of sp³-hybridized carbons (Fsp3) is 0.812. The van der Waals surface area contributed by atoms with Crippen molar-refractivity contribution < 1.29 is 54.9 Å². The lowest BCUT2D eigenvalue weighted by molar-refractivity contribution is -0.160. The molecule has 0 aliphatic rings. The van der Waals surface area contributed by atoms with Crippen LogP contribution in [0.2, 0.25) is 0 Å². The van der Waals surface area contributed by atoms with Crippen molar-refractivity contribution >= 4 is 28.1 Å². The van der Waals surface area contributed by atoms with E-state index >= 15 is 0 Å². The van der Waals surface area contributed by atoms with E-state index in [4.69, 9.17) is 17.7 Å². The first kappa shape index (κ1) is 33.5. The number of hydrogen-bond acceptors (Lipinski definition) is 9. The van der Waals surface area contributed by atoms with Crippen LogP contribution in [0.5, 0.6) is 0 Å². The molecule has 0 saturated heterocycles. The van der Waals surface area contributed by atoms with Crippen LogP contribution < -0.4 is 11.4 Å². The third kappa shape index (κ3) is 19.6. The molecule has 0 aromatic carbocycles. The smallest absolute Gasteiger partial charge is 0.442 e. The molecule has 0 aliphatic carbocycles. The minimum atomic E-state index is -5.84. The third-order valence-electron chi connectivity index (χ3n) is 2.25. The van der Waals surface area contributed by atoms with Gasteiger partial charge in [-0.15, -0.1) is 5.48 Å². The minimum absolute atomic E-state index is 0.391. The fourth-order valence-corrected chi connectivity index (χ4v) is 0.717. The van der Waals surface area contributed by atoms with E-state index < -0.39 is 50.1 Å². The van der Waals surface area contributed by atoms with Gasteiger partial charge in [0.1, 0.15) is 5.60 Å². The zero-order valence-electron chi connectivity index (χ0n) is 18.8. The molecule has 11 nitrogen and oxygen atoms in total. The quantitative estimate of drug-likeness (QED) is 0.264. The molecule has 0 saturated carbocycles. The highest BCUT2D eigenvalue weighted by Crippen LogP contribution is 2.20. The van der Waals surface area contributed by atoms with Gasteiger partial charge >= 0.3 is 33.7 Å². The van der Waals surface area contributed by atoms with Crippen LogP contribution in [0.25, 0.3) is 0 Å². The van der Waals surface area contributed by atoms with Crippen molar-refractivity contribution in [1.82, 2.24) is 5.48 Å². The zero-order valence-corrected chi connectivity index (χ0v) is 19.6. The molecule has 0 fully saturated rings. The second kappa shape index (κ2) is 12.0. The Morgan fingerprint density at radius 1 is 0.839 bits per heavy atom. The maximum absolute atomic E-state index is 11.2. The van der Waals surface area contributed by atoms with Crippen molar-refractivity contribution in [2.45, 2.75) is 73.4 Å². The van der Waals surface area contributed by atoms with Gasteiger partial charge in [0.2, 0.25) is 0 Å². The molecule has 0 spiro atoms. The first-order valence-electron chi connectivity index (χ1n) is 8.41. The monoisotopic (exact) mass is 484 g/mol. The zero-order chi connectivity index (χ0) is 26.1. The molecule has 0 rings (SSSR count). The van der Waals surface area contributed by atoms with Gasteiger partial charge in [0.05, 0.1) is 10.8 Å². The number of carbonyl (C=O) groups excluding carboxylic acids is 3. The summed E-state index contributed by atoms with van der Waals surface area (Å²) in [4.78, 5) is 41.3. The minimum Gasteiger partial charge on any atom is -0.442 e. The Bertz CT molecular complexity index is 702. The van der Waals surface area contributed by atoms with Crippen molar-refractivity contribution in [2.75, 3.05) is 0 Å². The number of hydrogen-bond donors (Lipinski definition) is 3. The summed E-state index contributed by atoms with van der Waals surface area (Å²) in [6.07, 6.45) is -0.778. The van der Waals surface area contributed by atoms with Crippen molar-refractivity contribution in [3.05, 3.63) is 0 Å². The first-order valence-corrected chi connectivity index (χ1v) is 9.85. The highest BCUT2D eigenvalue weighted by atomic mass is 32.2. The lowest BCUT2D eigenvalue weighted by atomic mass is 9.98. The number of nitrogens with two attached hydrogens (primary N) is 1. The van der Waals surface area contributed by atoms with Crippen LogP contribution >= 0.6 is 0 Å². The lowest BCUT2D eigenvalue weighted by Gasteiger charge is -2.20. The summed E-state index contributed by atoms with van der Waals surface area (Å²) in [6, 6.07) is 0. The Morgan fingerprint density at radius 3 is 1.32 bits per heavy atom. The number of ether oxygens (including phenoxy) is 1. The Hall–Kier alpha value is -2.13. The number of amides is 1. The van der Waals surface area contributed by atoms with Gasteiger partial charge in [0, 0.05) is 0 Å². The van der Waals surface area contributed by atoms with Crippen molar-refractivity contribution in [3.63, 3.8) is 0 Å². The summed E-state index contributed by atoms with van der Waals surface area (Å²) in [5.74, 6) is 3.70. The van der Waals surface area contributed by atoms with Crippen molar-refractivity contribution in [2.24, 2.45) is 16.7 Å². The second-order valence-electron chi connectivity index (χ2n) is 8.82. The predicted molar refractivity (Wildman–Crippen MR) is 102 cm³/mol. The summed E-state index contributed by atoms with van der Waals surface area (Å²) in [6.45, 7) is 15.4. The van der Waals surface area contributed by atoms with Crippen LogP contribution in [0.3, 0.4) is 0 Å². The highest BCUT2D eigenvalue weighted by molar-refractivity contribution is 7.86. The van der Waals surface area contributed by atoms with Crippen LogP contribution in [-0.2, 0) is 34.1 Å². The number of rotatable bonds is 0. The third-order valence-corrected chi connectivity index (χ3v) is 2.84. The Labute approximate surface area is 179 Å². The highest BCUT2D eigenvalue weighted by Gasteiger charge is 2.44. The normalized spacial score (nSPS) is 12.2. The number of carbonyl (C=O) groups is 3. The summed E-state index contributed by atoms with van der Waals surface area (Å²) in [5.41, 5.74) is -5.35. The predicted octanol–water partition coefficient (Wildman–Crippen LogP) is 2.86. The molecule has 0 heterocycles. The molecule has 31 heavy (non-hydrogen) atoms. The van der Waals surface area contributed by atoms with Crippen molar-refractivity contribution in [1.29, 1.82) is 0 Å². The topological polar surface area (TPSA) is 171 Å². The van der Waals surface area contributed by atoms with Gasteiger partial charge in [0.25, 0.3) is 0 Å². The van der Waals surface area contributed by atoms with E-state index in [0.717, 1.165) is 0 Å². The summed E-state index contributed by atoms with van der Waals surface area (Å²) >= 11 is 0. The van der Waals surface area contributed by atoms with Gasteiger partial charge in [-0.05, 0) is 62.3 Å². The maximum atomic E-state index is 11.2. The van der Waals surface area contributed by atoms with Gasteiger partial charge in [0.15, 0.2) is 0 Å². The van der Waals surface area contributed by atoms with Crippen LogP contribution in [0.1, 0.15) is 62.3 Å². The number of hydroxylamine groups is 1. The molecule has 0 unspecified atom stereocenters.